The predicted molar refractivity (Wildman–Crippen MR) is 266 cm³/mol. The molecule has 3 aromatic carbocycles. The first-order chi connectivity index (χ1) is 33.5. The van der Waals surface area contributed by atoms with Crippen molar-refractivity contribution < 1.29 is 23.9 Å². The molecule has 1 spiro atoms. The van der Waals surface area contributed by atoms with Crippen LogP contribution in [0.25, 0.3) is 10.9 Å². The maximum absolute atomic E-state index is 13.8. The smallest absolute Gasteiger partial charge is 0.278 e. The van der Waals surface area contributed by atoms with Crippen LogP contribution in [-0.4, -0.2) is 131 Å². The quantitative estimate of drug-likeness (QED) is 0.192. The van der Waals surface area contributed by atoms with Crippen molar-refractivity contribution in [2.75, 3.05) is 69.2 Å². The van der Waals surface area contributed by atoms with Crippen LogP contribution in [0, 0.1) is 33.5 Å². The normalized spacial score (nSPS) is 24.8. The molecule has 368 valence electrons. The van der Waals surface area contributed by atoms with E-state index in [4.69, 9.17) is 16.3 Å². The molecule has 17 heteroatoms. The molecular weight excluding hydrogens is 908 g/mol. The van der Waals surface area contributed by atoms with Crippen molar-refractivity contribution in [2.24, 2.45) is 22.2 Å². The maximum Gasteiger partial charge on any atom is 0.278 e. The van der Waals surface area contributed by atoms with Gasteiger partial charge in [-0.1, -0.05) is 44.5 Å². The van der Waals surface area contributed by atoms with E-state index in [1.807, 2.05) is 24.3 Å². The lowest BCUT2D eigenvalue weighted by Gasteiger charge is -2.63. The van der Waals surface area contributed by atoms with Gasteiger partial charge in [-0.3, -0.25) is 33.8 Å². The minimum Gasteiger partial charge on any atom is -0.489 e. The minimum atomic E-state index is -0.862. The highest BCUT2D eigenvalue weighted by molar-refractivity contribution is 6.31. The first-order valence-electron chi connectivity index (χ1n) is 25.0. The number of likely N-dealkylation sites (N-methyl/N-ethyl adjacent to an activating group) is 1. The van der Waals surface area contributed by atoms with Crippen molar-refractivity contribution in [1.29, 1.82) is 5.26 Å². The number of nitrogens with zero attached hydrogens (tertiary/aromatic N) is 9. The van der Waals surface area contributed by atoms with Gasteiger partial charge in [-0.05, 0) is 105 Å². The van der Waals surface area contributed by atoms with Crippen LogP contribution in [0.4, 0.5) is 11.4 Å². The number of fused-ring (bicyclic) bond motifs is 1. The van der Waals surface area contributed by atoms with Crippen molar-refractivity contribution >= 4 is 57.5 Å². The minimum absolute atomic E-state index is 0.0191. The lowest BCUT2D eigenvalue weighted by molar-refractivity contribution is -0.164. The second kappa shape index (κ2) is 18.3. The predicted octanol–water partition coefficient (Wildman–Crippen LogP) is 6.06. The number of imide groups is 1. The molecule has 2 saturated carbocycles. The molecule has 2 aliphatic carbocycles. The zero-order chi connectivity index (χ0) is 49.3. The largest absolute Gasteiger partial charge is 0.489 e. The highest BCUT2D eigenvalue weighted by Crippen LogP contribution is 2.56. The van der Waals surface area contributed by atoms with Gasteiger partial charge in [0.25, 0.3) is 17.4 Å². The van der Waals surface area contributed by atoms with Gasteiger partial charge in [0.2, 0.25) is 11.8 Å². The summed E-state index contributed by atoms with van der Waals surface area (Å²) in [6.45, 7) is 15.3. The Balaban J connectivity index is 0.653. The number of aromatic nitrogens is 3. The number of rotatable bonds is 9. The Labute approximate surface area is 413 Å². The highest BCUT2D eigenvalue weighted by atomic mass is 35.5. The van der Waals surface area contributed by atoms with E-state index in [1.165, 1.54) is 19.9 Å². The molecule has 4 amide bonds. The maximum atomic E-state index is 13.8. The number of amides is 4. The summed E-state index contributed by atoms with van der Waals surface area (Å²) in [5, 5.41) is 21.6. The Hall–Kier alpha value is -6.05. The molecular formula is C53H63ClN10O6. The van der Waals surface area contributed by atoms with Gasteiger partial charge in [0.1, 0.15) is 29.5 Å². The van der Waals surface area contributed by atoms with E-state index in [1.54, 1.807) is 24.3 Å². The fourth-order valence-electron chi connectivity index (χ4n) is 13.0. The zero-order valence-corrected chi connectivity index (χ0v) is 41.6. The van der Waals surface area contributed by atoms with E-state index in [0.717, 1.165) is 85.9 Å². The Morgan fingerprint density at radius 2 is 1.47 bits per heavy atom. The van der Waals surface area contributed by atoms with Gasteiger partial charge in [0.15, 0.2) is 0 Å². The molecule has 0 radical (unpaired) electrons. The second-order valence-corrected chi connectivity index (χ2v) is 22.3. The number of carbonyl (C=O) groups is 4. The number of piperidine rings is 3. The highest BCUT2D eigenvalue weighted by Gasteiger charge is 2.64. The first kappa shape index (κ1) is 47.6. The van der Waals surface area contributed by atoms with Crippen LogP contribution < -0.4 is 25.4 Å². The number of nitriles is 1. The van der Waals surface area contributed by atoms with E-state index in [2.05, 4.69) is 81.1 Å². The Kier molecular flexibility index (Phi) is 12.4. The summed E-state index contributed by atoms with van der Waals surface area (Å²) in [5.41, 5.74) is 2.71. The van der Waals surface area contributed by atoms with Crippen molar-refractivity contribution in [3.63, 3.8) is 0 Å². The molecule has 70 heavy (non-hydrogen) atoms. The van der Waals surface area contributed by atoms with E-state index in [9.17, 15) is 29.2 Å². The third-order valence-electron chi connectivity index (χ3n) is 17.0. The molecule has 1 unspecified atom stereocenters. The average molecular weight is 972 g/mol. The van der Waals surface area contributed by atoms with Gasteiger partial charge >= 0.3 is 0 Å². The summed E-state index contributed by atoms with van der Waals surface area (Å²) >= 11 is 6.28. The number of carbonyl (C=O) groups excluding carboxylic acids is 4. The number of likely N-dealkylation sites (tertiary alicyclic amines) is 2. The number of piperazine rings is 1. The Morgan fingerprint density at radius 1 is 0.814 bits per heavy atom. The van der Waals surface area contributed by atoms with E-state index < -0.39 is 17.5 Å². The number of ether oxygens (including phenoxy) is 1. The molecule has 4 aromatic rings. The average Bonchev–Trinajstić information content (AvgIpc) is 3.36. The van der Waals surface area contributed by atoms with Crippen LogP contribution in [0.5, 0.6) is 5.75 Å². The van der Waals surface area contributed by atoms with Gasteiger partial charge in [0, 0.05) is 118 Å². The van der Waals surface area contributed by atoms with Gasteiger partial charge in [0.05, 0.1) is 16.0 Å². The molecule has 0 bridgehead atoms. The lowest BCUT2D eigenvalue weighted by Crippen LogP contribution is -2.74. The van der Waals surface area contributed by atoms with Crippen LogP contribution in [0.3, 0.4) is 0 Å². The third-order valence-corrected chi connectivity index (χ3v) is 17.3. The summed E-state index contributed by atoms with van der Waals surface area (Å²) in [6.07, 6.45) is 6.19. The molecule has 4 aliphatic heterocycles. The summed E-state index contributed by atoms with van der Waals surface area (Å²) in [5.74, 6) is 0.0244. The molecule has 5 heterocycles. The van der Waals surface area contributed by atoms with Crippen LogP contribution >= 0.6 is 11.6 Å². The van der Waals surface area contributed by atoms with Crippen molar-refractivity contribution in [1.82, 2.24) is 35.0 Å². The molecule has 16 nitrogen and oxygen atoms in total. The number of anilines is 2. The number of hydrogen-bond donors (Lipinski definition) is 1. The third kappa shape index (κ3) is 8.56. The number of benzene rings is 3. The van der Waals surface area contributed by atoms with Crippen LogP contribution in [0.1, 0.15) is 101 Å². The van der Waals surface area contributed by atoms with Gasteiger partial charge in [-0.15, -0.1) is 5.10 Å². The number of hydrogen-bond acceptors (Lipinski definition) is 12. The summed E-state index contributed by atoms with van der Waals surface area (Å²) in [6, 6.07) is 20.3. The van der Waals surface area contributed by atoms with Crippen LogP contribution in [0.15, 0.2) is 65.5 Å². The number of halogens is 1. The van der Waals surface area contributed by atoms with Crippen molar-refractivity contribution in [2.45, 2.75) is 103 Å². The van der Waals surface area contributed by atoms with Crippen LogP contribution in [-0.2, 0) is 14.4 Å². The molecule has 1 atom stereocenters. The van der Waals surface area contributed by atoms with Crippen molar-refractivity contribution in [3.8, 4) is 11.8 Å². The van der Waals surface area contributed by atoms with Gasteiger partial charge < -0.3 is 24.8 Å². The monoisotopic (exact) mass is 970 g/mol. The Morgan fingerprint density at radius 3 is 2.13 bits per heavy atom. The van der Waals surface area contributed by atoms with E-state index >= 15 is 0 Å². The topological polar surface area (TPSA) is 177 Å². The van der Waals surface area contributed by atoms with Crippen LogP contribution in [0.2, 0.25) is 5.02 Å². The lowest BCUT2D eigenvalue weighted by atomic mass is 9.49. The molecule has 1 N–H and O–H groups in total. The zero-order valence-electron chi connectivity index (χ0n) is 40.8. The van der Waals surface area contributed by atoms with Gasteiger partial charge in [-0.2, -0.15) is 9.94 Å². The summed E-state index contributed by atoms with van der Waals surface area (Å²) in [4.78, 5) is 76.3. The molecule has 10 rings (SSSR count). The first-order valence-corrected chi connectivity index (χ1v) is 25.3. The number of nitrogens with one attached hydrogen (secondary N) is 1. The van der Waals surface area contributed by atoms with E-state index in [0.29, 0.717) is 57.3 Å². The molecule has 1 aromatic heterocycles. The Bertz CT molecular complexity index is 2790. The second-order valence-electron chi connectivity index (χ2n) is 21.9. The van der Waals surface area contributed by atoms with Gasteiger partial charge in [-0.25, -0.2) is 0 Å². The fraction of sp³-hybridized carbons (Fsp3) is 0.547. The fourth-order valence-corrected chi connectivity index (χ4v) is 13.2. The molecule has 6 aliphatic rings. The van der Waals surface area contributed by atoms with Crippen molar-refractivity contribution in [3.05, 3.63) is 87.2 Å². The summed E-state index contributed by atoms with van der Waals surface area (Å²) in [7, 11) is 1.43. The molecule has 6 fully saturated rings. The summed E-state index contributed by atoms with van der Waals surface area (Å²) < 4.78 is 7.52. The SMILES string of the molecule is CN1C(=O)CCC(n2nnc3ccc(N4CCC(C(=O)N5CCC6(CC5)CC(N5CCN(c7ccc(C(=O)NC8C(C)(C)C(Oc9ccc(C#N)c(Cl)c9)C8(C)C)cc7)CC5)C6)CC4)cc3c2=O)C1=O. The molecule has 4 saturated heterocycles. The standard InChI is InChI=1S/C53H63ClN10O6/c1-51(2)49(52(3,4)50(51)70-39-12-8-35(32-55)41(54)29-39)56-45(66)33-6-9-36(10-7-33)61-24-26-62(27-25-61)38-30-53(31-38)18-22-63(23-19-53)46(67)34-16-20-60(21-17-34)37-11-13-42-40(28-37)47(68)64(58-57-42)43-14-15-44(65)59(5)48(43)69/h6-13,28-29,34,38,43,49-50H,14-27,30-31H2,1-5H3,(H,56,66). The van der Waals surface area contributed by atoms with E-state index in [-0.39, 0.29) is 59.5 Å².